The van der Waals surface area contributed by atoms with Crippen LogP contribution >= 0.6 is 0 Å². The second-order valence-electron chi connectivity index (χ2n) is 9.47. The number of benzene rings is 2. The van der Waals surface area contributed by atoms with Gasteiger partial charge in [0, 0.05) is 24.9 Å². The molecule has 8 nitrogen and oxygen atoms in total. The van der Waals surface area contributed by atoms with Crippen LogP contribution in [0.1, 0.15) is 44.2 Å². The molecular weight excluding hydrogens is 448 g/mol. The second-order valence-corrected chi connectivity index (χ2v) is 9.47. The minimum Gasteiger partial charge on any atom is -0.480 e. The minimum atomic E-state index is -1.10. The van der Waals surface area contributed by atoms with Gasteiger partial charge in [-0.2, -0.15) is 0 Å². The van der Waals surface area contributed by atoms with Gasteiger partial charge in [0.1, 0.15) is 6.61 Å². The highest BCUT2D eigenvalue weighted by Gasteiger charge is 2.39. The van der Waals surface area contributed by atoms with Crippen molar-refractivity contribution in [1.82, 2.24) is 10.2 Å². The van der Waals surface area contributed by atoms with Crippen LogP contribution in [0.3, 0.4) is 0 Å². The summed E-state index contributed by atoms with van der Waals surface area (Å²) in [5.41, 5.74) is 4.54. The molecule has 1 saturated heterocycles. The fourth-order valence-corrected chi connectivity index (χ4v) is 4.98. The zero-order valence-electron chi connectivity index (χ0n) is 20.3. The zero-order valence-corrected chi connectivity index (χ0v) is 20.3. The molecule has 2 aliphatic rings. The van der Waals surface area contributed by atoms with Crippen LogP contribution in [-0.4, -0.2) is 65.9 Å². The highest BCUT2D eigenvalue weighted by atomic mass is 16.5. The molecule has 0 radical (unpaired) electrons. The van der Waals surface area contributed by atoms with E-state index in [4.69, 9.17) is 9.47 Å². The van der Waals surface area contributed by atoms with Crippen molar-refractivity contribution in [3.8, 4) is 11.1 Å². The van der Waals surface area contributed by atoms with Gasteiger partial charge in [0.15, 0.2) is 6.04 Å². The van der Waals surface area contributed by atoms with Crippen molar-refractivity contribution in [3.05, 3.63) is 59.7 Å². The first-order chi connectivity index (χ1) is 16.8. The Morgan fingerprint density at radius 2 is 1.69 bits per heavy atom. The van der Waals surface area contributed by atoms with E-state index < -0.39 is 30.3 Å². The number of morpholine rings is 1. The number of carboxylic acid groups (broad SMARTS) is 1. The summed E-state index contributed by atoms with van der Waals surface area (Å²) in [5, 5.41) is 12.4. The van der Waals surface area contributed by atoms with Crippen LogP contribution in [0.4, 0.5) is 4.79 Å². The lowest BCUT2D eigenvalue weighted by Crippen LogP contribution is -2.57. The third-order valence-corrected chi connectivity index (χ3v) is 6.91. The number of carbonyl (C=O) groups excluding carboxylic acids is 2. The number of carboxylic acids is 1. The lowest BCUT2D eigenvalue weighted by atomic mass is 9.98. The third-order valence-electron chi connectivity index (χ3n) is 6.91. The molecule has 1 fully saturated rings. The maximum Gasteiger partial charge on any atom is 0.407 e. The van der Waals surface area contributed by atoms with E-state index in [0.717, 1.165) is 22.3 Å². The molecule has 2 aromatic carbocycles. The molecule has 1 aliphatic carbocycles. The largest absolute Gasteiger partial charge is 0.480 e. The van der Waals surface area contributed by atoms with Crippen LogP contribution in [0.5, 0.6) is 0 Å². The number of carbonyl (C=O) groups is 3. The number of amides is 2. The van der Waals surface area contributed by atoms with E-state index in [1.165, 1.54) is 4.90 Å². The van der Waals surface area contributed by atoms with Gasteiger partial charge in [-0.3, -0.25) is 4.79 Å². The van der Waals surface area contributed by atoms with E-state index in [2.05, 4.69) is 29.6 Å². The SMILES string of the molecule is CC1OCCN(C(=O)C[C@H](NC(=O)OCC2c3ccccc3-c3ccccc32)C(C)C)C1C(=O)O. The predicted octanol–water partition coefficient (Wildman–Crippen LogP) is 3.64. The Hall–Kier alpha value is -3.39. The van der Waals surface area contributed by atoms with E-state index in [0.29, 0.717) is 0 Å². The fraction of sp³-hybridized carbons (Fsp3) is 0.444. The summed E-state index contributed by atoms with van der Waals surface area (Å²) >= 11 is 0. The number of aliphatic carboxylic acids is 1. The van der Waals surface area contributed by atoms with E-state index in [1.54, 1.807) is 6.92 Å². The van der Waals surface area contributed by atoms with Crippen LogP contribution in [0.2, 0.25) is 0 Å². The number of alkyl carbamates (subject to hydrolysis) is 1. The van der Waals surface area contributed by atoms with Crippen molar-refractivity contribution in [2.45, 2.75) is 51.3 Å². The minimum absolute atomic E-state index is 0.0155. The molecule has 186 valence electrons. The molecule has 1 aliphatic heterocycles. The van der Waals surface area contributed by atoms with Crippen LogP contribution < -0.4 is 5.32 Å². The van der Waals surface area contributed by atoms with Crippen molar-refractivity contribution in [3.63, 3.8) is 0 Å². The van der Waals surface area contributed by atoms with E-state index >= 15 is 0 Å². The molecule has 2 unspecified atom stereocenters. The maximum atomic E-state index is 13.0. The number of hydrogen-bond donors (Lipinski definition) is 2. The number of hydrogen-bond acceptors (Lipinski definition) is 5. The number of rotatable bonds is 7. The molecule has 2 N–H and O–H groups in total. The van der Waals surface area contributed by atoms with E-state index in [-0.39, 0.29) is 43.9 Å². The van der Waals surface area contributed by atoms with Crippen molar-refractivity contribution in [1.29, 1.82) is 0 Å². The second kappa shape index (κ2) is 10.5. The summed E-state index contributed by atoms with van der Waals surface area (Å²) in [5.74, 6) is -1.54. The highest BCUT2D eigenvalue weighted by molar-refractivity contribution is 5.85. The van der Waals surface area contributed by atoms with Gasteiger partial charge in [0.05, 0.1) is 12.7 Å². The normalized spacial score (nSPS) is 20.2. The van der Waals surface area contributed by atoms with Crippen molar-refractivity contribution in [2.24, 2.45) is 5.92 Å². The molecular formula is C27H32N2O6. The van der Waals surface area contributed by atoms with E-state index in [9.17, 15) is 19.5 Å². The lowest BCUT2D eigenvalue weighted by Gasteiger charge is -2.38. The molecule has 8 heteroatoms. The first kappa shape index (κ1) is 24.7. The highest BCUT2D eigenvalue weighted by Crippen LogP contribution is 2.44. The predicted molar refractivity (Wildman–Crippen MR) is 130 cm³/mol. The number of fused-ring (bicyclic) bond motifs is 3. The molecule has 1 heterocycles. The number of ether oxygens (including phenoxy) is 2. The van der Waals surface area contributed by atoms with Crippen molar-refractivity contribution in [2.75, 3.05) is 19.8 Å². The van der Waals surface area contributed by atoms with Gasteiger partial charge in [-0.25, -0.2) is 9.59 Å². The van der Waals surface area contributed by atoms with Gasteiger partial charge >= 0.3 is 12.1 Å². The Kier molecular flexibility index (Phi) is 7.40. The van der Waals surface area contributed by atoms with Crippen LogP contribution in [0.15, 0.2) is 48.5 Å². The first-order valence-electron chi connectivity index (χ1n) is 12.0. The van der Waals surface area contributed by atoms with Gasteiger partial charge in [-0.05, 0) is 35.1 Å². The van der Waals surface area contributed by atoms with E-state index in [1.807, 2.05) is 38.1 Å². The average Bonchev–Trinajstić information content (AvgIpc) is 3.15. The van der Waals surface area contributed by atoms with Gasteiger partial charge in [0.25, 0.3) is 0 Å². The van der Waals surface area contributed by atoms with Gasteiger partial charge in [-0.15, -0.1) is 0 Å². The van der Waals surface area contributed by atoms with Gasteiger partial charge in [-0.1, -0.05) is 62.4 Å². The summed E-state index contributed by atoms with van der Waals surface area (Å²) in [7, 11) is 0. The summed E-state index contributed by atoms with van der Waals surface area (Å²) < 4.78 is 11.1. The summed E-state index contributed by atoms with van der Waals surface area (Å²) in [6, 6.07) is 14.7. The van der Waals surface area contributed by atoms with Crippen molar-refractivity contribution < 1.29 is 29.0 Å². The number of nitrogens with one attached hydrogen (secondary N) is 1. The standard InChI is InChI=1S/C27H32N2O6/c1-16(2)23(14-24(30)29-12-13-34-17(3)25(29)26(31)32)28-27(33)35-15-22-20-10-6-4-8-18(20)19-9-5-7-11-21(19)22/h4-11,16-17,22-23,25H,12-15H2,1-3H3,(H,28,33)(H,31,32)/t17?,23-,25?/m0/s1. The van der Waals surface area contributed by atoms with Gasteiger partial charge in [0.2, 0.25) is 5.91 Å². The summed E-state index contributed by atoms with van der Waals surface area (Å²) in [6.45, 7) is 6.11. The molecule has 2 amide bonds. The quantitative estimate of drug-likeness (QED) is 0.627. The Morgan fingerprint density at radius 3 is 2.26 bits per heavy atom. The third kappa shape index (κ3) is 5.17. The van der Waals surface area contributed by atoms with Crippen molar-refractivity contribution >= 4 is 18.0 Å². The number of nitrogens with zero attached hydrogens (tertiary/aromatic N) is 1. The lowest BCUT2D eigenvalue weighted by molar-refractivity contribution is -0.165. The Morgan fingerprint density at radius 1 is 1.09 bits per heavy atom. The Bertz CT molecular complexity index is 1060. The Balaban J connectivity index is 1.39. The molecule has 0 saturated carbocycles. The molecule has 4 rings (SSSR count). The molecule has 35 heavy (non-hydrogen) atoms. The molecule has 0 aromatic heterocycles. The average molecular weight is 481 g/mol. The van der Waals surface area contributed by atoms with Crippen LogP contribution in [0.25, 0.3) is 11.1 Å². The molecule has 0 bridgehead atoms. The van der Waals surface area contributed by atoms with Crippen LogP contribution in [0, 0.1) is 5.92 Å². The Labute approximate surface area is 205 Å². The summed E-state index contributed by atoms with van der Waals surface area (Å²) in [6.07, 6.45) is -1.21. The zero-order chi connectivity index (χ0) is 25.1. The van der Waals surface area contributed by atoms with Gasteiger partial charge < -0.3 is 24.8 Å². The molecule has 3 atom stereocenters. The van der Waals surface area contributed by atoms with Crippen LogP contribution in [-0.2, 0) is 19.1 Å². The molecule has 2 aromatic rings. The first-order valence-corrected chi connectivity index (χ1v) is 12.0. The maximum absolute atomic E-state index is 13.0. The summed E-state index contributed by atoms with van der Waals surface area (Å²) in [4.78, 5) is 38.8. The monoisotopic (exact) mass is 480 g/mol. The molecule has 0 spiro atoms. The smallest absolute Gasteiger partial charge is 0.407 e. The topological polar surface area (TPSA) is 105 Å². The fourth-order valence-electron chi connectivity index (χ4n) is 4.98.